The molecule has 2 aromatic rings. The van der Waals surface area contributed by atoms with Crippen LogP contribution in [0.3, 0.4) is 0 Å². The number of benzene rings is 1. The maximum Gasteiger partial charge on any atom is 0.458 e. The summed E-state index contributed by atoms with van der Waals surface area (Å²) in [6.07, 6.45) is 26.6. The highest BCUT2D eigenvalue weighted by molar-refractivity contribution is 7.52. The zero-order valence-electron chi connectivity index (χ0n) is 31.0. The number of aromatic nitrogens is 2. The summed E-state index contributed by atoms with van der Waals surface area (Å²) in [5, 5.41) is 15.7. The third-order valence-corrected chi connectivity index (χ3v) is 9.42. The summed E-state index contributed by atoms with van der Waals surface area (Å²) < 4.78 is 60.6. The predicted molar refractivity (Wildman–Crippen MR) is 207 cm³/mol. The number of carbonyl (C=O) groups is 1. The molecular weight excluding hydrogens is 717 g/mol. The standard InChI is InChI=1S/C40H53F2N4O7P/c1-3-4-5-6-7-8-9-10-11-12-13-14-15-16-17-18-19-20-24-27-36(47)43-29-30-44-54(50,53-34-25-22-21-23-26-34)51-32-35-37(48)40(41,42)38(52-35)46-31-28-33(2)45-39(46)49/h4-5,7-8,10-11,13-14,16-17,19-23,25-26,28,31,35,37-38,48H,3,6,9,12,15,18,24,27,29-30,32H2,1-2H3,(H,43,47)(H,44,50). The number of para-hydroxylation sites is 1. The highest BCUT2D eigenvalue weighted by Gasteiger charge is 2.60. The summed E-state index contributed by atoms with van der Waals surface area (Å²) >= 11 is 0. The third-order valence-electron chi connectivity index (χ3n) is 7.87. The van der Waals surface area contributed by atoms with Gasteiger partial charge >= 0.3 is 19.4 Å². The van der Waals surface area contributed by atoms with Crippen molar-refractivity contribution in [2.45, 2.75) is 89.6 Å². The molecule has 1 aliphatic rings. The van der Waals surface area contributed by atoms with E-state index in [1.54, 1.807) is 18.2 Å². The van der Waals surface area contributed by atoms with Crippen molar-refractivity contribution in [3.8, 4) is 5.75 Å². The molecule has 1 saturated heterocycles. The molecule has 1 aromatic heterocycles. The second-order valence-corrected chi connectivity index (χ2v) is 14.1. The van der Waals surface area contributed by atoms with Gasteiger partial charge in [-0.25, -0.2) is 14.4 Å². The van der Waals surface area contributed by atoms with Gasteiger partial charge in [-0.3, -0.25) is 13.9 Å². The van der Waals surface area contributed by atoms with Crippen LogP contribution in [0.5, 0.6) is 5.75 Å². The second kappa shape index (κ2) is 24.2. The number of aliphatic hydroxyl groups is 1. The van der Waals surface area contributed by atoms with E-state index in [1.807, 2.05) is 12.2 Å². The Morgan fingerprint density at radius 1 is 0.926 bits per heavy atom. The topological polar surface area (TPSA) is 141 Å². The summed E-state index contributed by atoms with van der Waals surface area (Å²) in [7, 11) is -4.23. The van der Waals surface area contributed by atoms with Crippen molar-refractivity contribution in [1.29, 1.82) is 0 Å². The van der Waals surface area contributed by atoms with Crippen LogP contribution in [0.15, 0.2) is 120 Å². The van der Waals surface area contributed by atoms with Crippen LogP contribution < -0.4 is 20.6 Å². The molecule has 11 nitrogen and oxygen atoms in total. The van der Waals surface area contributed by atoms with Crippen LogP contribution in [-0.2, 0) is 18.6 Å². The van der Waals surface area contributed by atoms with Crippen molar-refractivity contribution < 1.29 is 37.0 Å². The number of ether oxygens (including phenoxy) is 1. The average molecular weight is 771 g/mol. The zero-order chi connectivity index (χ0) is 39.1. The lowest BCUT2D eigenvalue weighted by Gasteiger charge is -2.22. The van der Waals surface area contributed by atoms with Crippen molar-refractivity contribution in [1.82, 2.24) is 20.0 Å². The Hall–Kier alpha value is -4.26. The minimum absolute atomic E-state index is 0.0486. The summed E-state index contributed by atoms with van der Waals surface area (Å²) in [6.45, 7) is 2.91. The molecule has 1 aromatic carbocycles. The number of rotatable bonds is 24. The van der Waals surface area contributed by atoms with Crippen molar-refractivity contribution in [2.75, 3.05) is 19.7 Å². The molecule has 294 valence electrons. The molecule has 3 N–H and O–H groups in total. The summed E-state index contributed by atoms with van der Waals surface area (Å²) in [5.74, 6) is -3.93. The third kappa shape index (κ3) is 16.0. The van der Waals surface area contributed by atoms with Gasteiger partial charge in [0.15, 0.2) is 6.10 Å². The van der Waals surface area contributed by atoms with Gasteiger partial charge in [-0.1, -0.05) is 98.0 Å². The highest BCUT2D eigenvalue weighted by atomic mass is 31.2. The smallest absolute Gasteiger partial charge is 0.413 e. The number of halogens is 2. The number of carbonyl (C=O) groups excluding carboxylic acids is 1. The molecule has 0 bridgehead atoms. The number of nitrogens with one attached hydrogen (secondary N) is 2. The Morgan fingerprint density at radius 3 is 2.07 bits per heavy atom. The molecular formula is C40H53F2N4O7P. The summed E-state index contributed by atoms with van der Waals surface area (Å²) in [5.41, 5.74) is -0.656. The van der Waals surface area contributed by atoms with Crippen molar-refractivity contribution in [2.24, 2.45) is 0 Å². The maximum atomic E-state index is 15.0. The van der Waals surface area contributed by atoms with Gasteiger partial charge in [0.1, 0.15) is 11.9 Å². The lowest BCUT2D eigenvalue weighted by atomic mass is 10.1. The fourth-order valence-corrected chi connectivity index (χ4v) is 6.35. The van der Waals surface area contributed by atoms with Crippen LogP contribution >= 0.6 is 7.75 Å². The number of hydrogen-bond acceptors (Lipinski definition) is 8. The minimum Gasteiger partial charge on any atom is -0.413 e. The van der Waals surface area contributed by atoms with Crippen LogP contribution in [0.25, 0.3) is 0 Å². The van der Waals surface area contributed by atoms with Crippen molar-refractivity contribution >= 4 is 13.7 Å². The van der Waals surface area contributed by atoms with E-state index in [0.717, 1.165) is 44.7 Å². The molecule has 2 heterocycles. The number of nitrogens with zero attached hydrogens (tertiary/aromatic N) is 2. The van der Waals surface area contributed by atoms with E-state index in [0.29, 0.717) is 16.7 Å². The van der Waals surface area contributed by atoms with E-state index in [1.165, 1.54) is 25.1 Å². The Balaban J connectivity index is 1.36. The quantitative estimate of drug-likeness (QED) is 0.0554. The number of amides is 1. The molecule has 14 heteroatoms. The van der Waals surface area contributed by atoms with Gasteiger partial charge in [0.25, 0.3) is 0 Å². The molecule has 0 saturated carbocycles. The van der Waals surface area contributed by atoms with Gasteiger partial charge in [0.05, 0.1) is 6.61 Å². The zero-order valence-corrected chi connectivity index (χ0v) is 31.9. The molecule has 0 radical (unpaired) electrons. The molecule has 4 atom stereocenters. The monoisotopic (exact) mass is 770 g/mol. The Labute approximate surface area is 316 Å². The Kier molecular flexibility index (Phi) is 19.8. The van der Waals surface area contributed by atoms with E-state index < -0.39 is 44.4 Å². The fourth-order valence-electron chi connectivity index (χ4n) is 5.02. The van der Waals surface area contributed by atoms with Crippen molar-refractivity contribution in [3.63, 3.8) is 0 Å². The first-order chi connectivity index (χ1) is 26.1. The van der Waals surface area contributed by atoms with Gasteiger partial charge in [0.2, 0.25) is 12.1 Å². The van der Waals surface area contributed by atoms with Crippen LogP contribution in [-0.4, -0.2) is 58.4 Å². The number of allylic oxidation sites excluding steroid dienone is 12. The Bertz CT molecular complexity index is 1710. The lowest BCUT2D eigenvalue weighted by Crippen LogP contribution is -2.42. The van der Waals surface area contributed by atoms with E-state index in [2.05, 4.69) is 83.1 Å². The van der Waals surface area contributed by atoms with Crippen LogP contribution in [0, 0.1) is 6.92 Å². The molecule has 1 fully saturated rings. The van der Waals surface area contributed by atoms with Crippen LogP contribution in [0.1, 0.15) is 70.2 Å². The van der Waals surface area contributed by atoms with E-state index in [4.69, 9.17) is 13.8 Å². The fraction of sp³-hybridized carbons (Fsp3) is 0.425. The predicted octanol–water partition coefficient (Wildman–Crippen LogP) is 7.83. The van der Waals surface area contributed by atoms with Crippen LogP contribution in [0.2, 0.25) is 0 Å². The molecule has 3 rings (SSSR count). The summed E-state index contributed by atoms with van der Waals surface area (Å²) in [6, 6.07) is 9.40. The Morgan fingerprint density at radius 2 is 1.50 bits per heavy atom. The number of aryl methyl sites for hydroxylation is 1. The highest BCUT2D eigenvalue weighted by Crippen LogP contribution is 2.47. The minimum atomic E-state index is -4.23. The first kappa shape index (κ1) is 44.1. The van der Waals surface area contributed by atoms with Gasteiger partial charge in [-0.15, -0.1) is 0 Å². The first-order valence-corrected chi connectivity index (χ1v) is 19.8. The number of alkyl halides is 2. The van der Waals surface area contributed by atoms with E-state index in [-0.39, 0.29) is 31.2 Å². The lowest BCUT2D eigenvalue weighted by molar-refractivity contribution is -0.140. The maximum absolute atomic E-state index is 15.0. The molecule has 54 heavy (non-hydrogen) atoms. The normalized spacial score (nSPS) is 20.0. The van der Waals surface area contributed by atoms with E-state index in [9.17, 15) is 19.3 Å². The molecule has 1 amide bonds. The average Bonchev–Trinajstić information content (AvgIpc) is 3.37. The van der Waals surface area contributed by atoms with E-state index >= 15 is 8.78 Å². The van der Waals surface area contributed by atoms with Gasteiger partial charge in [0, 0.05) is 31.4 Å². The molecule has 0 spiro atoms. The number of aliphatic hydroxyl groups excluding tert-OH is 1. The first-order valence-electron chi connectivity index (χ1n) is 18.2. The van der Waals surface area contributed by atoms with Crippen molar-refractivity contribution in [3.05, 3.63) is 132 Å². The molecule has 4 unspecified atom stereocenters. The largest absolute Gasteiger partial charge is 0.458 e. The van der Waals surface area contributed by atoms with Gasteiger partial charge < -0.3 is 19.7 Å². The van der Waals surface area contributed by atoms with Gasteiger partial charge in [-0.2, -0.15) is 13.8 Å². The molecule has 0 aliphatic carbocycles. The summed E-state index contributed by atoms with van der Waals surface area (Å²) in [4.78, 5) is 28.2. The van der Waals surface area contributed by atoms with Crippen LogP contribution in [0.4, 0.5) is 8.78 Å². The molecule has 1 aliphatic heterocycles. The number of hydrogen-bond donors (Lipinski definition) is 3. The second-order valence-electron chi connectivity index (χ2n) is 12.3. The SMILES string of the molecule is CCC=CCC=CCC=CCC=CCC=CCC=CCCC(=O)NCCNP(=O)(OCC1OC(n2ccc(C)nc2=O)C(F)(F)C1O)Oc1ccccc1. The van der Waals surface area contributed by atoms with Gasteiger partial charge in [-0.05, 0) is 70.1 Å².